The standard InChI is InChI=1S/C36H44N6O5/c1-3-36-29(35(46)41-18-16-40(17-19-41)33(44)23-7-8-23)20-24(21-31(43)38-14-11-25-6-4-5-13-37-25)34(45)42(36)15-12-27-28-22-26(47-2)9-10-30(28)39-32(27)36/h4-6,9-10,13,22-24,29,39H,3,7-8,11-12,14-21H2,1-2H3,(H,38,43)/t24?,29-,36+/m1/s1. The van der Waals surface area contributed by atoms with Crippen LogP contribution in [0, 0.1) is 17.8 Å². The number of pyridine rings is 1. The number of piperazine rings is 1. The van der Waals surface area contributed by atoms with E-state index in [0.29, 0.717) is 58.5 Å². The molecule has 4 amide bonds. The van der Waals surface area contributed by atoms with Crippen LogP contribution in [0.5, 0.6) is 5.75 Å². The lowest BCUT2D eigenvalue weighted by molar-refractivity contribution is -0.167. The van der Waals surface area contributed by atoms with E-state index in [1.807, 2.05) is 51.1 Å². The molecule has 1 aliphatic carbocycles. The summed E-state index contributed by atoms with van der Waals surface area (Å²) in [6.45, 7) is 4.93. The minimum Gasteiger partial charge on any atom is -0.497 e. The fourth-order valence-electron chi connectivity index (χ4n) is 8.23. The first-order valence-corrected chi connectivity index (χ1v) is 17.1. The predicted molar refractivity (Wildman–Crippen MR) is 175 cm³/mol. The van der Waals surface area contributed by atoms with E-state index in [4.69, 9.17) is 4.74 Å². The van der Waals surface area contributed by atoms with Crippen LogP contribution in [-0.4, -0.2) is 94.7 Å². The van der Waals surface area contributed by atoms with Gasteiger partial charge in [-0.1, -0.05) is 13.0 Å². The Hall–Kier alpha value is -4.41. The molecule has 1 aromatic carbocycles. The molecular weight excluding hydrogens is 596 g/mol. The average Bonchev–Trinajstić information content (AvgIpc) is 3.89. The van der Waals surface area contributed by atoms with E-state index in [9.17, 15) is 19.2 Å². The van der Waals surface area contributed by atoms with Gasteiger partial charge in [0, 0.05) is 92.4 Å². The highest BCUT2D eigenvalue weighted by atomic mass is 16.5. The highest BCUT2D eigenvalue weighted by molar-refractivity contribution is 5.93. The Morgan fingerprint density at radius 1 is 1.04 bits per heavy atom. The Balaban J connectivity index is 1.17. The molecule has 47 heavy (non-hydrogen) atoms. The molecule has 11 nitrogen and oxygen atoms in total. The number of aromatic nitrogens is 2. The molecule has 3 aliphatic heterocycles. The van der Waals surface area contributed by atoms with E-state index in [2.05, 4.69) is 22.2 Å². The number of H-pyrrole nitrogens is 1. The van der Waals surface area contributed by atoms with Crippen LogP contribution in [0.2, 0.25) is 0 Å². The maximum atomic E-state index is 14.7. The number of benzene rings is 1. The molecule has 11 heteroatoms. The van der Waals surface area contributed by atoms with E-state index in [0.717, 1.165) is 46.4 Å². The molecule has 4 aliphatic rings. The zero-order valence-electron chi connectivity index (χ0n) is 27.3. The molecule has 0 radical (unpaired) electrons. The molecule has 248 valence electrons. The normalized spacial score (nSPS) is 24.1. The first-order valence-electron chi connectivity index (χ1n) is 17.1. The van der Waals surface area contributed by atoms with Crippen molar-refractivity contribution < 1.29 is 23.9 Å². The van der Waals surface area contributed by atoms with E-state index in [1.54, 1.807) is 13.3 Å². The summed E-state index contributed by atoms with van der Waals surface area (Å²) in [5.41, 5.74) is 3.00. The second-order valence-electron chi connectivity index (χ2n) is 13.4. The Labute approximate surface area is 275 Å². The van der Waals surface area contributed by atoms with Crippen molar-refractivity contribution in [2.24, 2.45) is 17.8 Å². The van der Waals surface area contributed by atoms with Gasteiger partial charge >= 0.3 is 0 Å². The van der Waals surface area contributed by atoms with Crippen molar-refractivity contribution in [1.29, 1.82) is 0 Å². The van der Waals surface area contributed by atoms with Gasteiger partial charge in [0.2, 0.25) is 23.6 Å². The van der Waals surface area contributed by atoms with Crippen molar-refractivity contribution in [3.63, 3.8) is 0 Å². The van der Waals surface area contributed by atoms with Crippen molar-refractivity contribution >= 4 is 34.5 Å². The van der Waals surface area contributed by atoms with Crippen molar-refractivity contribution in [2.45, 2.75) is 57.4 Å². The lowest BCUT2D eigenvalue weighted by atomic mass is 9.65. The van der Waals surface area contributed by atoms with Gasteiger partial charge in [-0.15, -0.1) is 0 Å². The third kappa shape index (κ3) is 5.63. The second-order valence-corrected chi connectivity index (χ2v) is 13.4. The van der Waals surface area contributed by atoms with Gasteiger partial charge in [-0.25, -0.2) is 0 Å². The number of amides is 4. The Kier molecular flexibility index (Phi) is 8.40. The third-order valence-corrected chi connectivity index (χ3v) is 10.9. The van der Waals surface area contributed by atoms with Gasteiger partial charge in [-0.3, -0.25) is 24.2 Å². The van der Waals surface area contributed by atoms with Crippen LogP contribution in [-0.2, 0) is 37.6 Å². The van der Waals surface area contributed by atoms with Crippen LogP contribution in [0.4, 0.5) is 0 Å². The van der Waals surface area contributed by atoms with Crippen molar-refractivity contribution in [2.75, 3.05) is 46.4 Å². The van der Waals surface area contributed by atoms with Crippen LogP contribution >= 0.6 is 0 Å². The van der Waals surface area contributed by atoms with Crippen LogP contribution in [0.25, 0.3) is 10.9 Å². The summed E-state index contributed by atoms with van der Waals surface area (Å²) in [6.07, 6.45) is 5.75. The number of hydrogen-bond acceptors (Lipinski definition) is 6. The molecule has 5 heterocycles. The number of aromatic amines is 1. The molecule has 3 fully saturated rings. The van der Waals surface area contributed by atoms with Crippen LogP contribution in [0.3, 0.4) is 0 Å². The SMILES string of the molecule is CC[C@]12c3[nH]c4ccc(OC)cc4c3CCN1C(=O)C(CC(=O)NCCc1ccccn1)C[C@@H]2C(=O)N1CCN(C(=O)C2CC2)CC1. The first kappa shape index (κ1) is 31.2. The molecule has 2 aromatic heterocycles. The Bertz CT molecular complexity index is 1680. The number of carbonyl (C=O) groups is 4. The van der Waals surface area contributed by atoms with Gasteiger partial charge in [-0.05, 0) is 68.0 Å². The number of nitrogens with zero attached hydrogens (tertiary/aromatic N) is 4. The number of methoxy groups -OCH3 is 1. The summed E-state index contributed by atoms with van der Waals surface area (Å²) in [4.78, 5) is 68.7. The molecule has 0 bridgehead atoms. The Morgan fingerprint density at radius 2 is 1.81 bits per heavy atom. The Morgan fingerprint density at radius 3 is 2.49 bits per heavy atom. The first-order chi connectivity index (χ1) is 22.8. The number of nitrogens with one attached hydrogen (secondary N) is 2. The zero-order chi connectivity index (χ0) is 32.7. The number of carbonyl (C=O) groups excluding carboxylic acids is 4. The average molecular weight is 641 g/mol. The molecule has 0 spiro atoms. The van der Waals surface area contributed by atoms with Crippen molar-refractivity contribution in [3.05, 3.63) is 59.5 Å². The summed E-state index contributed by atoms with van der Waals surface area (Å²) in [7, 11) is 1.65. The fourth-order valence-corrected chi connectivity index (χ4v) is 8.23. The number of piperidine rings is 1. The summed E-state index contributed by atoms with van der Waals surface area (Å²) in [5.74, 6) is -0.320. The molecular formula is C36H44N6O5. The quantitative estimate of drug-likeness (QED) is 0.370. The predicted octanol–water partition coefficient (Wildman–Crippen LogP) is 3.03. The second kappa shape index (κ2) is 12.7. The zero-order valence-corrected chi connectivity index (χ0v) is 27.3. The minimum absolute atomic E-state index is 0.00693. The summed E-state index contributed by atoms with van der Waals surface area (Å²) < 4.78 is 5.54. The van der Waals surface area contributed by atoms with Crippen LogP contribution < -0.4 is 10.1 Å². The van der Waals surface area contributed by atoms with E-state index < -0.39 is 17.4 Å². The molecule has 2 N–H and O–H groups in total. The van der Waals surface area contributed by atoms with Crippen molar-refractivity contribution in [3.8, 4) is 5.75 Å². The highest BCUT2D eigenvalue weighted by Crippen LogP contribution is 2.52. The summed E-state index contributed by atoms with van der Waals surface area (Å²) >= 11 is 0. The van der Waals surface area contributed by atoms with Crippen molar-refractivity contribution in [1.82, 2.24) is 30.0 Å². The molecule has 2 saturated heterocycles. The number of hydrogen-bond donors (Lipinski definition) is 2. The summed E-state index contributed by atoms with van der Waals surface area (Å²) in [6, 6.07) is 11.6. The fraction of sp³-hybridized carbons (Fsp3) is 0.528. The van der Waals surface area contributed by atoms with Gasteiger partial charge in [0.05, 0.1) is 18.6 Å². The van der Waals surface area contributed by atoms with Crippen LogP contribution in [0.1, 0.15) is 56.0 Å². The largest absolute Gasteiger partial charge is 0.497 e. The highest BCUT2D eigenvalue weighted by Gasteiger charge is 2.59. The number of ether oxygens (including phenoxy) is 1. The van der Waals surface area contributed by atoms with Gasteiger partial charge in [0.1, 0.15) is 5.75 Å². The third-order valence-electron chi connectivity index (χ3n) is 10.9. The van der Waals surface area contributed by atoms with Gasteiger partial charge in [0.25, 0.3) is 0 Å². The molecule has 3 aromatic rings. The van der Waals surface area contributed by atoms with Gasteiger partial charge in [-0.2, -0.15) is 0 Å². The molecule has 1 saturated carbocycles. The van der Waals surface area contributed by atoms with E-state index >= 15 is 0 Å². The summed E-state index contributed by atoms with van der Waals surface area (Å²) in [5, 5.41) is 4.02. The van der Waals surface area contributed by atoms with E-state index in [1.165, 1.54) is 0 Å². The lowest BCUT2D eigenvalue weighted by Crippen LogP contribution is -2.66. The van der Waals surface area contributed by atoms with Gasteiger partial charge < -0.3 is 29.7 Å². The van der Waals surface area contributed by atoms with Crippen LogP contribution in [0.15, 0.2) is 42.6 Å². The molecule has 3 atom stereocenters. The molecule has 7 rings (SSSR count). The van der Waals surface area contributed by atoms with Gasteiger partial charge in [0.15, 0.2) is 0 Å². The smallest absolute Gasteiger partial charge is 0.228 e. The topological polar surface area (TPSA) is 128 Å². The lowest BCUT2D eigenvalue weighted by Gasteiger charge is -2.56. The maximum absolute atomic E-state index is 14.7. The number of rotatable bonds is 9. The number of fused-ring (bicyclic) bond motifs is 5. The minimum atomic E-state index is -0.874. The van der Waals surface area contributed by atoms with E-state index in [-0.39, 0.29) is 42.4 Å². The molecule has 1 unspecified atom stereocenters. The maximum Gasteiger partial charge on any atom is 0.228 e. The monoisotopic (exact) mass is 640 g/mol.